The van der Waals surface area contributed by atoms with Gasteiger partial charge < -0.3 is 5.11 Å². The molecule has 3 aliphatic carbocycles. The van der Waals surface area contributed by atoms with Gasteiger partial charge in [0, 0.05) is 11.3 Å². The molecule has 0 radical (unpaired) electrons. The number of nitrogens with zero attached hydrogens (tertiary/aromatic N) is 2. The molecule has 3 fully saturated rings. The molecule has 0 unspecified atom stereocenters. The third-order valence-electron chi connectivity index (χ3n) is 10.1. The zero-order chi connectivity index (χ0) is 23.9. The molecule has 4 heteroatoms. The van der Waals surface area contributed by atoms with Crippen molar-refractivity contribution in [3.8, 4) is 0 Å². The maximum atomic E-state index is 13.2. The summed E-state index contributed by atoms with van der Waals surface area (Å²) in [5.74, 6) is 3.09. The van der Waals surface area contributed by atoms with Gasteiger partial charge in [0.25, 0.3) is 0 Å². The van der Waals surface area contributed by atoms with Gasteiger partial charge in [-0.15, -0.1) is 6.58 Å². The number of aromatic nitrogens is 2. The summed E-state index contributed by atoms with van der Waals surface area (Å²) in [5.41, 5.74) is 0.937. The Labute approximate surface area is 204 Å². The van der Waals surface area contributed by atoms with Crippen molar-refractivity contribution in [3.63, 3.8) is 0 Å². The molecule has 3 aliphatic rings. The second-order valence-electron chi connectivity index (χ2n) is 12.2. The van der Waals surface area contributed by atoms with Crippen molar-refractivity contribution in [2.75, 3.05) is 0 Å². The third-order valence-corrected chi connectivity index (χ3v) is 10.1. The highest BCUT2D eigenvalue weighted by Crippen LogP contribution is 2.61. The highest BCUT2D eigenvalue weighted by Gasteiger charge is 2.54. The Morgan fingerprint density at radius 2 is 2.06 bits per heavy atom. The molecule has 0 spiro atoms. The number of rotatable bonds is 7. The Balaban J connectivity index is 1.23. The van der Waals surface area contributed by atoms with E-state index in [1.807, 2.05) is 48.1 Å². The minimum absolute atomic E-state index is 0.0972. The summed E-state index contributed by atoms with van der Waals surface area (Å²) in [6.45, 7) is 8.92. The van der Waals surface area contributed by atoms with Crippen molar-refractivity contribution in [2.24, 2.45) is 35.0 Å². The minimum atomic E-state index is -0.470. The van der Waals surface area contributed by atoms with E-state index in [0.717, 1.165) is 54.3 Å². The predicted molar refractivity (Wildman–Crippen MR) is 137 cm³/mol. The molecule has 0 aliphatic heterocycles. The van der Waals surface area contributed by atoms with Gasteiger partial charge in [-0.1, -0.05) is 44.0 Å². The smallest absolute Gasteiger partial charge is 0.161 e. The lowest BCUT2D eigenvalue weighted by atomic mass is 9.46. The van der Waals surface area contributed by atoms with Crippen LogP contribution in [-0.4, -0.2) is 26.3 Å². The standard InChI is InChI=1S/C30H42N2O2/c1-4-21(28(33)20-32-27-11-6-5-8-23(27)19-31-32)12-13-22-9-7-10-26-25(22)15-14-24-18-29(2,34)16-17-30(24,26)3/h4-6,8,11,19,21-22,24-26,34H,1,7,9-10,12-18,20H2,2-3H3/t21-,22+,24-,25+,26+,29-,30+/m1/s1. The minimum Gasteiger partial charge on any atom is -0.390 e. The summed E-state index contributed by atoms with van der Waals surface area (Å²) >= 11 is 0. The molecule has 1 aromatic heterocycles. The monoisotopic (exact) mass is 462 g/mol. The van der Waals surface area contributed by atoms with Crippen LogP contribution < -0.4 is 0 Å². The Kier molecular flexibility index (Phi) is 6.48. The van der Waals surface area contributed by atoms with E-state index in [2.05, 4.69) is 18.6 Å². The molecule has 34 heavy (non-hydrogen) atoms. The Morgan fingerprint density at radius 3 is 2.88 bits per heavy atom. The maximum absolute atomic E-state index is 13.2. The van der Waals surface area contributed by atoms with Crippen molar-refractivity contribution in [2.45, 2.75) is 90.2 Å². The number of fused-ring (bicyclic) bond motifs is 4. The van der Waals surface area contributed by atoms with E-state index in [0.29, 0.717) is 17.9 Å². The van der Waals surface area contributed by atoms with E-state index in [9.17, 15) is 9.90 Å². The van der Waals surface area contributed by atoms with Gasteiger partial charge in [-0.25, -0.2) is 0 Å². The molecule has 1 N–H and O–H groups in total. The van der Waals surface area contributed by atoms with E-state index in [4.69, 9.17) is 0 Å². The van der Waals surface area contributed by atoms with Gasteiger partial charge in [0.2, 0.25) is 0 Å². The Hall–Kier alpha value is -1.94. The second kappa shape index (κ2) is 9.26. The van der Waals surface area contributed by atoms with Gasteiger partial charge in [0.05, 0.1) is 17.3 Å². The number of aliphatic hydroxyl groups is 1. The lowest BCUT2D eigenvalue weighted by Gasteiger charge is -2.59. The highest BCUT2D eigenvalue weighted by molar-refractivity contribution is 5.85. The molecule has 4 nitrogen and oxygen atoms in total. The quantitative estimate of drug-likeness (QED) is 0.473. The first-order valence-electron chi connectivity index (χ1n) is 13.6. The largest absolute Gasteiger partial charge is 0.390 e. The summed E-state index contributed by atoms with van der Waals surface area (Å²) in [4.78, 5) is 13.2. The fourth-order valence-corrected chi connectivity index (χ4v) is 8.11. The maximum Gasteiger partial charge on any atom is 0.161 e. The molecule has 7 atom stereocenters. The number of carbonyl (C=O) groups excluding carboxylic acids is 1. The first kappa shape index (κ1) is 23.8. The predicted octanol–water partition coefficient (Wildman–Crippen LogP) is 6.57. The number of para-hydroxylation sites is 1. The highest BCUT2D eigenvalue weighted by atomic mass is 16.3. The van der Waals surface area contributed by atoms with Crippen LogP contribution in [0.2, 0.25) is 0 Å². The van der Waals surface area contributed by atoms with E-state index < -0.39 is 5.60 Å². The number of Topliss-reactive ketones (excluding diaryl/α,β-unsaturated/α-hetero) is 1. The molecular weight excluding hydrogens is 420 g/mol. The van der Waals surface area contributed by atoms with Crippen molar-refractivity contribution in [1.29, 1.82) is 0 Å². The number of benzene rings is 1. The van der Waals surface area contributed by atoms with Gasteiger partial charge in [-0.3, -0.25) is 9.48 Å². The van der Waals surface area contributed by atoms with E-state index in [1.165, 1.54) is 38.5 Å². The number of ketones is 1. The van der Waals surface area contributed by atoms with Crippen LogP contribution in [0.1, 0.15) is 78.1 Å². The van der Waals surface area contributed by atoms with Crippen molar-refractivity contribution in [3.05, 3.63) is 43.1 Å². The Bertz CT molecular complexity index is 1040. The van der Waals surface area contributed by atoms with Crippen molar-refractivity contribution in [1.82, 2.24) is 9.78 Å². The van der Waals surface area contributed by atoms with Crippen LogP contribution in [-0.2, 0) is 11.3 Å². The zero-order valence-corrected chi connectivity index (χ0v) is 21.1. The summed E-state index contributed by atoms with van der Waals surface area (Å²) in [6.07, 6.45) is 15.4. The fraction of sp³-hybridized carbons (Fsp3) is 0.667. The molecule has 2 aromatic rings. The van der Waals surface area contributed by atoms with Gasteiger partial charge in [-0.05, 0) is 93.4 Å². The topological polar surface area (TPSA) is 55.1 Å². The molecule has 0 amide bonds. The van der Waals surface area contributed by atoms with E-state index >= 15 is 0 Å². The molecule has 1 heterocycles. The lowest BCUT2D eigenvalue weighted by molar-refractivity contribution is -0.128. The molecule has 3 saturated carbocycles. The molecule has 0 bridgehead atoms. The normalized spacial score (nSPS) is 36.4. The molecular formula is C30H42N2O2. The van der Waals surface area contributed by atoms with Crippen LogP contribution in [0.15, 0.2) is 43.1 Å². The number of hydrogen-bond acceptors (Lipinski definition) is 3. The zero-order valence-electron chi connectivity index (χ0n) is 21.1. The average Bonchev–Trinajstić information content (AvgIpc) is 3.23. The molecule has 184 valence electrons. The van der Waals surface area contributed by atoms with Crippen LogP contribution >= 0.6 is 0 Å². The van der Waals surface area contributed by atoms with E-state index in [1.54, 1.807) is 0 Å². The number of allylic oxidation sites excluding steroid dienone is 1. The van der Waals surface area contributed by atoms with Gasteiger partial charge in [-0.2, -0.15) is 5.10 Å². The second-order valence-corrected chi connectivity index (χ2v) is 12.2. The summed E-state index contributed by atoms with van der Waals surface area (Å²) in [6, 6.07) is 8.07. The number of carbonyl (C=O) groups is 1. The van der Waals surface area contributed by atoms with Gasteiger partial charge in [0.15, 0.2) is 5.78 Å². The molecule has 1 aromatic carbocycles. The average molecular weight is 463 g/mol. The first-order valence-corrected chi connectivity index (χ1v) is 13.6. The first-order chi connectivity index (χ1) is 16.3. The SMILES string of the molecule is C=C[C@H](CC[C@@H]1CCC[C@H]2[C@H]1CC[C@@H]1C[C@](C)(O)CC[C@@]12C)C(=O)Cn1ncc2ccccc21. The van der Waals surface area contributed by atoms with Gasteiger partial charge >= 0.3 is 0 Å². The third kappa shape index (κ3) is 4.39. The molecule has 5 rings (SSSR count). The van der Waals surface area contributed by atoms with Crippen LogP contribution in [0.4, 0.5) is 0 Å². The van der Waals surface area contributed by atoms with Gasteiger partial charge in [0.1, 0.15) is 6.54 Å². The summed E-state index contributed by atoms with van der Waals surface area (Å²) < 4.78 is 1.84. The summed E-state index contributed by atoms with van der Waals surface area (Å²) in [5, 5.41) is 16.2. The van der Waals surface area contributed by atoms with E-state index in [-0.39, 0.29) is 11.7 Å². The number of hydrogen-bond donors (Lipinski definition) is 1. The molecule has 0 saturated heterocycles. The van der Waals surface area contributed by atoms with Crippen molar-refractivity contribution < 1.29 is 9.90 Å². The Morgan fingerprint density at radius 1 is 1.24 bits per heavy atom. The van der Waals surface area contributed by atoms with Crippen LogP contribution in [0.25, 0.3) is 10.9 Å². The van der Waals surface area contributed by atoms with Crippen LogP contribution in [0.5, 0.6) is 0 Å². The van der Waals surface area contributed by atoms with Crippen molar-refractivity contribution >= 4 is 16.7 Å². The fourth-order valence-electron chi connectivity index (χ4n) is 8.11. The lowest BCUT2D eigenvalue weighted by Crippen LogP contribution is -2.53. The summed E-state index contributed by atoms with van der Waals surface area (Å²) in [7, 11) is 0. The van der Waals surface area contributed by atoms with Crippen LogP contribution in [0, 0.1) is 35.0 Å². The van der Waals surface area contributed by atoms with Crippen LogP contribution in [0.3, 0.4) is 0 Å².